The third-order valence-electron chi connectivity index (χ3n) is 5.88. The molecule has 1 heterocycles. The van der Waals surface area contributed by atoms with Crippen molar-refractivity contribution in [1.82, 2.24) is 15.5 Å². The van der Waals surface area contributed by atoms with E-state index in [4.69, 9.17) is 4.74 Å². The van der Waals surface area contributed by atoms with E-state index < -0.39 is 0 Å². The minimum Gasteiger partial charge on any atom is -0.490 e. The van der Waals surface area contributed by atoms with Gasteiger partial charge in [-0.05, 0) is 50.5 Å². The fraction of sp³-hybridized carbons (Fsp3) is 0.636. The molecule has 2 N–H and O–H groups in total. The fourth-order valence-electron chi connectivity index (χ4n) is 4.17. The molecule has 2 fully saturated rings. The molecular formula is C22H35IN4O2. The SMILES string of the molecule is CN=C(NCc1ccccc1OC1CCCC1)N1CCC(CC(=O)NC)CC1.I. The van der Waals surface area contributed by atoms with Crippen LogP contribution in [0.25, 0.3) is 0 Å². The lowest BCUT2D eigenvalue weighted by molar-refractivity contribution is -0.121. The van der Waals surface area contributed by atoms with Gasteiger partial charge in [0, 0.05) is 45.7 Å². The number of hydrogen-bond donors (Lipinski definition) is 2. The molecule has 7 heteroatoms. The molecule has 1 aliphatic carbocycles. The third-order valence-corrected chi connectivity index (χ3v) is 5.88. The summed E-state index contributed by atoms with van der Waals surface area (Å²) >= 11 is 0. The highest BCUT2D eigenvalue weighted by molar-refractivity contribution is 14.0. The number of nitrogens with zero attached hydrogens (tertiary/aromatic N) is 2. The van der Waals surface area contributed by atoms with E-state index in [9.17, 15) is 4.79 Å². The van der Waals surface area contributed by atoms with Gasteiger partial charge in [-0.25, -0.2) is 0 Å². The van der Waals surface area contributed by atoms with Gasteiger partial charge in [-0.15, -0.1) is 24.0 Å². The van der Waals surface area contributed by atoms with Crippen LogP contribution in [0.2, 0.25) is 0 Å². The Balaban J connectivity index is 0.00000300. The Morgan fingerprint density at radius 2 is 1.86 bits per heavy atom. The van der Waals surface area contributed by atoms with Gasteiger partial charge in [-0.1, -0.05) is 18.2 Å². The number of piperidine rings is 1. The first-order chi connectivity index (χ1) is 13.7. The molecule has 1 aromatic carbocycles. The zero-order valence-electron chi connectivity index (χ0n) is 17.7. The summed E-state index contributed by atoms with van der Waals surface area (Å²) in [6, 6.07) is 8.30. The van der Waals surface area contributed by atoms with Gasteiger partial charge in [-0.2, -0.15) is 0 Å². The van der Waals surface area contributed by atoms with Crippen LogP contribution >= 0.6 is 24.0 Å². The molecule has 0 radical (unpaired) electrons. The van der Waals surface area contributed by atoms with Crippen molar-refractivity contribution < 1.29 is 9.53 Å². The number of aliphatic imine (C=N–C) groups is 1. The van der Waals surface area contributed by atoms with E-state index in [-0.39, 0.29) is 29.9 Å². The molecule has 0 aromatic heterocycles. The highest BCUT2D eigenvalue weighted by atomic mass is 127. The molecule has 0 unspecified atom stereocenters. The van der Waals surface area contributed by atoms with Crippen molar-refractivity contribution in [3.63, 3.8) is 0 Å². The number of hydrogen-bond acceptors (Lipinski definition) is 3. The second-order valence-corrected chi connectivity index (χ2v) is 7.84. The van der Waals surface area contributed by atoms with Crippen molar-refractivity contribution in [2.45, 2.75) is 57.6 Å². The minimum atomic E-state index is 0. The van der Waals surface area contributed by atoms with Crippen LogP contribution in [-0.2, 0) is 11.3 Å². The quantitative estimate of drug-likeness (QED) is 0.346. The molecule has 0 bridgehead atoms. The monoisotopic (exact) mass is 514 g/mol. The Hall–Kier alpha value is -1.51. The average Bonchev–Trinajstić information content (AvgIpc) is 3.23. The van der Waals surface area contributed by atoms with Crippen molar-refractivity contribution >= 4 is 35.8 Å². The van der Waals surface area contributed by atoms with Gasteiger partial charge in [0.2, 0.25) is 5.91 Å². The molecule has 162 valence electrons. The normalized spacial score (nSPS) is 18.3. The van der Waals surface area contributed by atoms with Crippen molar-refractivity contribution in [3.05, 3.63) is 29.8 Å². The molecule has 0 spiro atoms. The lowest BCUT2D eigenvalue weighted by Gasteiger charge is -2.34. The summed E-state index contributed by atoms with van der Waals surface area (Å²) in [6.45, 7) is 2.57. The molecule has 6 nitrogen and oxygen atoms in total. The second-order valence-electron chi connectivity index (χ2n) is 7.84. The van der Waals surface area contributed by atoms with Gasteiger partial charge < -0.3 is 20.3 Å². The summed E-state index contributed by atoms with van der Waals surface area (Å²) in [5, 5.41) is 6.23. The van der Waals surface area contributed by atoms with E-state index in [0.29, 0.717) is 25.0 Å². The number of nitrogens with one attached hydrogen (secondary N) is 2. The van der Waals surface area contributed by atoms with Crippen LogP contribution in [0, 0.1) is 5.92 Å². The van der Waals surface area contributed by atoms with E-state index in [1.165, 1.54) is 18.4 Å². The first-order valence-electron chi connectivity index (χ1n) is 10.6. The molecule has 3 rings (SSSR count). The second kappa shape index (κ2) is 12.2. The Kier molecular flexibility index (Phi) is 10.0. The van der Waals surface area contributed by atoms with Crippen molar-refractivity contribution in [1.29, 1.82) is 0 Å². The summed E-state index contributed by atoms with van der Waals surface area (Å²) in [5.74, 6) is 2.52. The van der Waals surface area contributed by atoms with Gasteiger partial charge in [0.1, 0.15) is 5.75 Å². The number of carbonyl (C=O) groups excluding carboxylic acids is 1. The van der Waals surface area contributed by atoms with Gasteiger partial charge >= 0.3 is 0 Å². The van der Waals surface area contributed by atoms with Crippen LogP contribution in [0.4, 0.5) is 0 Å². The van der Waals surface area contributed by atoms with Crippen LogP contribution in [-0.4, -0.2) is 50.1 Å². The van der Waals surface area contributed by atoms with Crippen LogP contribution in [0.5, 0.6) is 5.75 Å². The number of guanidine groups is 1. The number of benzene rings is 1. The first-order valence-corrected chi connectivity index (χ1v) is 10.6. The highest BCUT2D eigenvalue weighted by Crippen LogP contribution is 2.27. The smallest absolute Gasteiger partial charge is 0.220 e. The maximum atomic E-state index is 11.6. The van der Waals surface area contributed by atoms with Crippen LogP contribution in [0.15, 0.2) is 29.3 Å². The summed E-state index contributed by atoms with van der Waals surface area (Å²) in [7, 11) is 3.54. The number of para-hydroxylation sites is 1. The van der Waals surface area contributed by atoms with E-state index >= 15 is 0 Å². The van der Waals surface area contributed by atoms with Crippen molar-refractivity contribution in [2.75, 3.05) is 27.2 Å². The number of halogens is 1. The largest absolute Gasteiger partial charge is 0.490 e. The third kappa shape index (κ3) is 7.04. The molecule has 1 aromatic rings. The number of likely N-dealkylation sites (tertiary alicyclic amines) is 1. The molecule has 1 amide bonds. The summed E-state index contributed by atoms with van der Waals surface area (Å²) in [5.41, 5.74) is 1.17. The van der Waals surface area contributed by atoms with E-state index in [1.54, 1.807) is 7.05 Å². The van der Waals surface area contributed by atoms with Gasteiger partial charge in [0.05, 0.1) is 6.10 Å². The first kappa shape index (κ1) is 23.8. The summed E-state index contributed by atoms with van der Waals surface area (Å²) < 4.78 is 6.25. The molecule has 29 heavy (non-hydrogen) atoms. The fourth-order valence-corrected chi connectivity index (χ4v) is 4.17. The van der Waals surface area contributed by atoms with Crippen LogP contribution in [0.1, 0.15) is 50.5 Å². The number of carbonyl (C=O) groups is 1. The van der Waals surface area contributed by atoms with E-state index in [2.05, 4.69) is 38.7 Å². The van der Waals surface area contributed by atoms with Crippen LogP contribution in [0.3, 0.4) is 0 Å². The van der Waals surface area contributed by atoms with Gasteiger partial charge in [0.15, 0.2) is 5.96 Å². The Bertz CT molecular complexity index is 669. The van der Waals surface area contributed by atoms with Crippen LogP contribution < -0.4 is 15.4 Å². The summed E-state index contributed by atoms with van der Waals surface area (Å²) in [6.07, 6.45) is 7.90. The molecular weight excluding hydrogens is 479 g/mol. The standard InChI is InChI=1S/C22H34N4O2.HI/c1-23-21(27)15-17-11-13-26(14-12-17)22(24-2)25-16-18-7-3-6-10-20(18)28-19-8-4-5-9-19;/h3,6-7,10,17,19H,4-5,8-9,11-16H2,1-2H3,(H,23,27)(H,24,25);1H. The Morgan fingerprint density at radius 3 is 2.52 bits per heavy atom. The predicted molar refractivity (Wildman–Crippen MR) is 128 cm³/mol. The van der Waals surface area contributed by atoms with Crippen molar-refractivity contribution in [2.24, 2.45) is 10.9 Å². The lowest BCUT2D eigenvalue weighted by atomic mass is 9.93. The van der Waals surface area contributed by atoms with Crippen molar-refractivity contribution in [3.8, 4) is 5.75 Å². The lowest BCUT2D eigenvalue weighted by Crippen LogP contribution is -2.45. The average molecular weight is 514 g/mol. The topological polar surface area (TPSA) is 66.0 Å². The molecule has 1 saturated heterocycles. The molecule has 2 aliphatic rings. The Morgan fingerprint density at radius 1 is 1.17 bits per heavy atom. The maximum absolute atomic E-state index is 11.6. The van der Waals surface area contributed by atoms with Gasteiger partial charge in [0.25, 0.3) is 0 Å². The van der Waals surface area contributed by atoms with Gasteiger partial charge in [-0.3, -0.25) is 9.79 Å². The van der Waals surface area contributed by atoms with E-state index in [0.717, 1.165) is 50.5 Å². The summed E-state index contributed by atoms with van der Waals surface area (Å²) in [4.78, 5) is 18.4. The molecule has 0 atom stereocenters. The number of amides is 1. The number of rotatable bonds is 6. The highest BCUT2D eigenvalue weighted by Gasteiger charge is 2.23. The molecule has 1 saturated carbocycles. The number of ether oxygens (including phenoxy) is 1. The van der Waals surface area contributed by atoms with E-state index in [1.807, 2.05) is 13.1 Å². The zero-order valence-corrected chi connectivity index (χ0v) is 20.0. The minimum absolute atomic E-state index is 0. The zero-order chi connectivity index (χ0) is 19.8. The molecule has 1 aliphatic heterocycles. The Labute approximate surface area is 191 Å². The maximum Gasteiger partial charge on any atom is 0.220 e. The predicted octanol–water partition coefficient (Wildman–Crippen LogP) is 3.55.